The van der Waals surface area contributed by atoms with E-state index >= 15 is 0 Å². The molecule has 7 heteroatoms. The van der Waals surface area contributed by atoms with Crippen LogP contribution in [0.3, 0.4) is 0 Å². The molecule has 148 valence electrons. The molecule has 0 aliphatic carbocycles. The van der Waals surface area contributed by atoms with Gasteiger partial charge in [-0.15, -0.1) is 0 Å². The SMILES string of the molecule is CC(C)n1cc(C(=O)Nc2cc3cc(-c4cncn4C(C)C)ccc3cn2)cn1. The molecule has 4 rings (SSSR count). The molecule has 0 spiro atoms. The number of carbonyl (C=O) groups excluding carboxylic acids is 1. The number of hydrogen-bond acceptors (Lipinski definition) is 4. The van der Waals surface area contributed by atoms with Gasteiger partial charge in [0.25, 0.3) is 5.91 Å². The number of amides is 1. The van der Waals surface area contributed by atoms with Crippen molar-refractivity contribution < 1.29 is 4.79 Å². The quantitative estimate of drug-likeness (QED) is 0.537. The van der Waals surface area contributed by atoms with Crippen LogP contribution in [0.5, 0.6) is 0 Å². The van der Waals surface area contributed by atoms with Gasteiger partial charge in [-0.2, -0.15) is 5.10 Å². The van der Waals surface area contributed by atoms with Crippen LogP contribution in [0.25, 0.3) is 22.0 Å². The molecule has 0 aliphatic rings. The number of benzene rings is 1. The Bertz CT molecular complexity index is 1170. The molecule has 7 nitrogen and oxygen atoms in total. The van der Waals surface area contributed by atoms with Crippen molar-refractivity contribution in [1.82, 2.24) is 24.3 Å². The molecule has 0 radical (unpaired) electrons. The third kappa shape index (κ3) is 3.76. The van der Waals surface area contributed by atoms with Gasteiger partial charge < -0.3 is 9.88 Å². The fourth-order valence-electron chi connectivity index (χ4n) is 3.23. The summed E-state index contributed by atoms with van der Waals surface area (Å²) in [5, 5.41) is 9.09. The van der Waals surface area contributed by atoms with Crippen LogP contribution in [-0.4, -0.2) is 30.2 Å². The van der Waals surface area contributed by atoms with Gasteiger partial charge in [-0.3, -0.25) is 9.48 Å². The van der Waals surface area contributed by atoms with Crippen molar-refractivity contribution in [3.05, 3.63) is 60.9 Å². The van der Waals surface area contributed by atoms with E-state index in [9.17, 15) is 4.79 Å². The molecule has 4 aromatic rings. The Hall–Kier alpha value is -3.48. The van der Waals surface area contributed by atoms with Gasteiger partial charge in [0.1, 0.15) is 5.82 Å². The van der Waals surface area contributed by atoms with Crippen LogP contribution >= 0.6 is 0 Å². The van der Waals surface area contributed by atoms with E-state index < -0.39 is 0 Å². The first-order valence-corrected chi connectivity index (χ1v) is 9.70. The number of anilines is 1. The third-order valence-corrected chi connectivity index (χ3v) is 4.87. The summed E-state index contributed by atoms with van der Waals surface area (Å²) in [7, 11) is 0. The molecule has 0 fully saturated rings. The van der Waals surface area contributed by atoms with Gasteiger partial charge in [-0.05, 0) is 45.2 Å². The van der Waals surface area contributed by atoms with Crippen LogP contribution < -0.4 is 5.32 Å². The average molecular weight is 388 g/mol. The molecule has 0 bridgehead atoms. The van der Waals surface area contributed by atoms with Crippen LogP contribution in [0.4, 0.5) is 5.82 Å². The molecule has 0 atom stereocenters. The molecule has 29 heavy (non-hydrogen) atoms. The summed E-state index contributed by atoms with van der Waals surface area (Å²) in [5.74, 6) is 0.284. The molecule has 3 aromatic heterocycles. The zero-order valence-electron chi connectivity index (χ0n) is 17.0. The highest BCUT2D eigenvalue weighted by atomic mass is 16.1. The minimum atomic E-state index is -0.224. The first-order chi connectivity index (χ1) is 13.9. The normalized spacial score (nSPS) is 11.5. The zero-order valence-corrected chi connectivity index (χ0v) is 17.0. The summed E-state index contributed by atoms with van der Waals surface area (Å²) < 4.78 is 3.89. The smallest absolute Gasteiger partial charge is 0.260 e. The number of carbonyl (C=O) groups is 1. The van der Waals surface area contributed by atoms with Crippen LogP contribution in [0, 0.1) is 0 Å². The Balaban J connectivity index is 1.62. The van der Waals surface area contributed by atoms with Gasteiger partial charge in [0.15, 0.2) is 0 Å². The van der Waals surface area contributed by atoms with Crippen molar-refractivity contribution in [2.75, 3.05) is 5.32 Å². The Kier molecular flexibility index (Phi) is 4.88. The van der Waals surface area contributed by atoms with Crippen LogP contribution in [0.15, 0.2) is 55.4 Å². The Labute approximate surface area is 169 Å². The average Bonchev–Trinajstić information content (AvgIpc) is 3.37. The highest BCUT2D eigenvalue weighted by molar-refractivity contribution is 6.04. The van der Waals surface area contributed by atoms with Crippen molar-refractivity contribution in [1.29, 1.82) is 0 Å². The second-order valence-corrected chi connectivity index (χ2v) is 7.67. The number of pyridine rings is 1. The van der Waals surface area contributed by atoms with Gasteiger partial charge in [-0.1, -0.05) is 12.1 Å². The van der Waals surface area contributed by atoms with Gasteiger partial charge in [0, 0.05) is 35.4 Å². The number of nitrogens with one attached hydrogen (secondary N) is 1. The van der Waals surface area contributed by atoms with E-state index in [4.69, 9.17) is 0 Å². The molecular formula is C22H24N6O. The Morgan fingerprint density at radius 1 is 1.00 bits per heavy atom. The lowest BCUT2D eigenvalue weighted by Crippen LogP contribution is -2.12. The minimum Gasteiger partial charge on any atom is -0.328 e. The molecule has 3 heterocycles. The molecule has 0 unspecified atom stereocenters. The Morgan fingerprint density at radius 2 is 1.83 bits per heavy atom. The topological polar surface area (TPSA) is 77.6 Å². The summed E-state index contributed by atoms with van der Waals surface area (Å²) >= 11 is 0. The van der Waals surface area contributed by atoms with E-state index in [1.54, 1.807) is 23.3 Å². The van der Waals surface area contributed by atoms with E-state index in [-0.39, 0.29) is 11.9 Å². The van der Waals surface area contributed by atoms with Crippen molar-refractivity contribution >= 4 is 22.5 Å². The molecule has 1 aromatic carbocycles. The molecule has 1 amide bonds. The fourth-order valence-corrected chi connectivity index (χ4v) is 3.23. The van der Waals surface area contributed by atoms with Crippen LogP contribution in [0.2, 0.25) is 0 Å². The van der Waals surface area contributed by atoms with E-state index in [1.165, 1.54) is 0 Å². The van der Waals surface area contributed by atoms with Crippen LogP contribution in [-0.2, 0) is 0 Å². The summed E-state index contributed by atoms with van der Waals surface area (Å²) in [6, 6.07) is 8.61. The zero-order chi connectivity index (χ0) is 20.5. The van der Waals surface area contributed by atoms with E-state index in [0.717, 1.165) is 22.0 Å². The lowest BCUT2D eigenvalue weighted by Gasteiger charge is -2.12. The van der Waals surface area contributed by atoms with Crippen LogP contribution in [0.1, 0.15) is 50.1 Å². The van der Waals surface area contributed by atoms with Crippen molar-refractivity contribution in [2.24, 2.45) is 0 Å². The second-order valence-electron chi connectivity index (χ2n) is 7.67. The summed E-state index contributed by atoms with van der Waals surface area (Å²) in [4.78, 5) is 21.2. The van der Waals surface area contributed by atoms with Gasteiger partial charge in [0.05, 0.1) is 30.0 Å². The van der Waals surface area contributed by atoms with Crippen molar-refractivity contribution in [2.45, 2.75) is 39.8 Å². The largest absolute Gasteiger partial charge is 0.328 e. The maximum atomic E-state index is 12.5. The summed E-state index contributed by atoms with van der Waals surface area (Å²) in [6.07, 6.45) is 8.80. The maximum absolute atomic E-state index is 12.5. The van der Waals surface area contributed by atoms with Gasteiger partial charge >= 0.3 is 0 Å². The van der Waals surface area contributed by atoms with E-state index in [2.05, 4.69) is 50.9 Å². The van der Waals surface area contributed by atoms with E-state index in [1.807, 2.05) is 38.5 Å². The summed E-state index contributed by atoms with van der Waals surface area (Å²) in [5.41, 5.74) is 2.64. The predicted octanol–water partition coefficient (Wildman–Crippen LogP) is 4.71. The molecule has 0 saturated heterocycles. The Morgan fingerprint density at radius 3 is 2.55 bits per heavy atom. The summed E-state index contributed by atoms with van der Waals surface area (Å²) in [6.45, 7) is 8.29. The van der Waals surface area contributed by atoms with Gasteiger partial charge in [-0.25, -0.2) is 9.97 Å². The predicted molar refractivity (Wildman–Crippen MR) is 114 cm³/mol. The lowest BCUT2D eigenvalue weighted by molar-refractivity contribution is 0.102. The number of aromatic nitrogens is 5. The molecule has 0 aliphatic heterocycles. The number of rotatable bonds is 5. The molecule has 1 N–H and O–H groups in total. The van der Waals surface area contributed by atoms with Crippen molar-refractivity contribution in [3.63, 3.8) is 0 Å². The van der Waals surface area contributed by atoms with Crippen molar-refractivity contribution in [3.8, 4) is 11.3 Å². The monoisotopic (exact) mass is 388 g/mol. The molecule has 0 saturated carbocycles. The number of fused-ring (bicyclic) bond motifs is 1. The highest BCUT2D eigenvalue weighted by Gasteiger charge is 2.12. The number of imidazole rings is 1. The van der Waals surface area contributed by atoms with Gasteiger partial charge in [0.2, 0.25) is 0 Å². The standard InChI is InChI=1S/C22H24N6O/c1-14(2)27-13-23-11-20(27)16-5-6-17-9-24-21(8-18(17)7-16)26-22(29)19-10-25-28(12-19)15(3)4/h5-15H,1-4H3,(H,24,26,29). The maximum Gasteiger partial charge on any atom is 0.260 e. The number of hydrogen-bond donors (Lipinski definition) is 1. The van der Waals surface area contributed by atoms with E-state index in [0.29, 0.717) is 17.4 Å². The molecular weight excluding hydrogens is 364 g/mol. The second kappa shape index (κ2) is 7.50. The third-order valence-electron chi connectivity index (χ3n) is 4.87. The fraction of sp³-hybridized carbons (Fsp3) is 0.273. The lowest BCUT2D eigenvalue weighted by atomic mass is 10.1. The minimum absolute atomic E-state index is 0.202. The highest BCUT2D eigenvalue weighted by Crippen LogP contribution is 2.27. The number of nitrogens with zero attached hydrogens (tertiary/aromatic N) is 5. The first-order valence-electron chi connectivity index (χ1n) is 9.70. The first kappa shape index (κ1) is 18.9.